The summed E-state index contributed by atoms with van der Waals surface area (Å²) in [5, 5.41) is 12.1. The molecule has 0 bridgehead atoms. The third-order valence-corrected chi connectivity index (χ3v) is 3.76. The molecule has 0 saturated heterocycles. The Bertz CT molecular complexity index is 859. The summed E-state index contributed by atoms with van der Waals surface area (Å²) in [7, 11) is 1.85. The Hall–Kier alpha value is -2.65. The van der Waals surface area contributed by atoms with Crippen molar-refractivity contribution >= 4 is 0 Å². The minimum absolute atomic E-state index is 0.115. The topological polar surface area (TPSA) is 66.3 Å². The van der Waals surface area contributed by atoms with Gasteiger partial charge < -0.3 is 4.57 Å². The summed E-state index contributed by atoms with van der Waals surface area (Å²) in [6.45, 7) is 3.96. The lowest BCUT2D eigenvalue weighted by molar-refractivity contribution is -0.144. The molecule has 0 saturated carbocycles. The minimum atomic E-state index is -4.42. The van der Waals surface area contributed by atoms with E-state index in [1.165, 1.54) is 0 Å². The minimum Gasteiger partial charge on any atom is -0.333 e. The predicted molar refractivity (Wildman–Crippen MR) is 83.4 cm³/mol. The van der Waals surface area contributed by atoms with Gasteiger partial charge in [0.15, 0.2) is 5.82 Å². The Morgan fingerprint density at radius 1 is 1.24 bits per heavy atom. The van der Waals surface area contributed by atoms with Crippen molar-refractivity contribution in [2.45, 2.75) is 33.1 Å². The molecule has 3 rings (SSSR count). The van der Waals surface area contributed by atoms with Crippen molar-refractivity contribution in [1.29, 1.82) is 0 Å². The summed E-state index contributed by atoms with van der Waals surface area (Å²) in [5.41, 5.74) is 0.229. The number of nitrogens with zero attached hydrogens (tertiary/aromatic N) is 7. The maximum absolute atomic E-state index is 13.0. The van der Waals surface area contributed by atoms with Crippen molar-refractivity contribution in [2.24, 2.45) is 13.0 Å². The van der Waals surface area contributed by atoms with Gasteiger partial charge in [0.2, 0.25) is 0 Å². The zero-order chi connectivity index (χ0) is 18.2. The Kier molecular flexibility index (Phi) is 4.36. The smallest absolute Gasteiger partial charge is 0.333 e. The fraction of sp³-hybridized carbons (Fsp3) is 0.467. The van der Waals surface area contributed by atoms with Crippen LogP contribution in [0.5, 0.6) is 0 Å². The van der Waals surface area contributed by atoms with Crippen molar-refractivity contribution in [1.82, 2.24) is 34.3 Å². The summed E-state index contributed by atoms with van der Waals surface area (Å²) in [6.07, 6.45) is 0.781. The lowest BCUT2D eigenvalue weighted by Crippen LogP contribution is -2.20. The highest BCUT2D eigenvalue weighted by atomic mass is 19.4. The molecule has 3 aromatic heterocycles. The molecular formula is C15H18F3N7. The van der Waals surface area contributed by atoms with Gasteiger partial charge in [0, 0.05) is 32.5 Å². The lowest BCUT2D eigenvalue weighted by atomic mass is 10.2. The number of imidazole rings is 1. The molecule has 1 atom stereocenters. The van der Waals surface area contributed by atoms with Crippen molar-refractivity contribution in [3.63, 3.8) is 0 Å². The van der Waals surface area contributed by atoms with Crippen LogP contribution in [0.2, 0.25) is 0 Å². The maximum Gasteiger partial charge on any atom is 0.433 e. The van der Waals surface area contributed by atoms with Crippen LogP contribution in [0.3, 0.4) is 0 Å². The van der Waals surface area contributed by atoms with E-state index in [9.17, 15) is 13.2 Å². The molecule has 0 aromatic carbocycles. The van der Waals surface area contributed by atoms with Crippen molar-refractivity contribution in [2.75, 3.05) is 0 Å². The summed E-state index contributed by atoms with van der Waals surface area (Å²) >= 11 is 0. The van der Waals surface area contributed by atoms with Gasteiger partial charge in [-0.25, -0.2) is 4.98 Å². The van der Waals surface area contributed by atoms with Gasteiger partial charge in [-0.3, -0.25) is 9.36 Å². The fourth-order valence-electron chi connectivity index (χ4n) is 2.69. The number of hydrogen-bond donors (Lipinski definition) is 0. The molecular weight excluding hydrogens is 335 g/mol. The first kappa shape index (κ1) is 17.2. The summed E-state index contributed by atoms with van der Waals surface area (Å²) in [4.78, 5) is 4.20. The van der Waals surface area contributed by atoms with E-state index in [1.54, 1.807) is 30.2 Å². The van der Waals surface area contributed by atoms with Gasteiger partial charge in [-0.05, 0) is 18.9 Å². The number of alkyl halides is 3. The van der Waals surface area contributed by atoms with Crippen LogP contribution in [0.25, 0.3) is 11.5 Å². The molecule has 25 heavy (non-hydrogen) atoms. The first-order valence-electron chi connectivity index (χ1n) is 7.73. The molecule has 0 N–H and O–H groups in total. The van der Waals surface area contributed by atoms with E-state index in [1.807, 2.05) is 18.5 Å². The fourth-order valence-corrected chi connectivity index (χ4v) is 2.69. The highest BCUT2D eigenvalue weighted by Gasteiger charge is 2.35. The Labute approximate surface area is 142 Å². The number of halogens is 3. The van der Waals surface area contributed by atoms with Crippen LogP contribution in [0, 0.1) is 12.8 Å². The van der Waals surface area contributed by atoms with Crippen molar-refractivity contribution < 1.29 is 13.2 Å². The summed E-state index contributed by atoms with van der Waals surface area (Å²) in [6, 6.07) is 1.06. The second-order valence-electron chi connectivity index (χ2n) is 6.14. The van der Waals surface area contributed by atoms with Crippen molar-refractivity contribution in [3.8, 4) is 11.5 Å². The van der Waals surface area contributed by atoms with Gasteiger partial charge in [-0.2, -0.15) is 18.3 Å². The quantitative estimate of drug-likeness (QED) is 0.707. The molecule has 3 heterocycles. The average molecular weight is 353 g/mol. The molecule has 0 amide bonds. The molecule has 10 heteroatoms. The van der Waals surface area contributed by atoms with Crippen LogP contribution < -0.4 is 0 Å². The average Bonchev–Trinajstić information content (AvgIpc) is 3.19. The SMILES string of the molecule is Cc1cc(C(F)(F)F)n(C[C@H](C)Cn2cc(-c3nccn3C)nn2)n1. The van der Waals surface area contributed by atoms with Gasteiger partial charge in [0.1, 0.15) is 11.4 Å². The van der Waals surface area contributed by atoms with E-state index in [0.717, 1.165) is 10.7 Å². The Balaban J connectivity index is 1.71. The highest BCUT2D eigenvalue weighted by molar-refractivity contribution is 5.46. The van der Waals surface area contributed by atoms with E-state index >= 15 is 0 Å². The standard InChI is InChI=1S/C15H18F3N7/c1-10(8-25-13(15(16,17)18)6-11(2)21-25)7-24-9-12(20-22-24)14-19-4-5-23(14)3/h4-6,9-10H,7-8H2,1-3H3/t10-/m1/s1. The molecule has 0 unspecified atom stereocenters. The van der Waals surface area contributed by atoms with Gasteiger partial charge in [-0.1, -0.05) is 12.1 Å². The molecule has 0 radical (unpaired) electrons. The van der Waals surface area contributed by atoms with Gasteiger partial charge in [0.25, 0.3) is 0 Å². The second kappa shape index (κ2) is 6.34. The molecule has 7 nitrogen and oxygen atoms in total. The number of aryl methyl sites for hydroxylation is 2. The van der Waals surface area contributed by atoms with E-state index in [2.05, 4.69) is 20.4 Å². The summed E-state index contributed by atoms with van der Waals surface area (Å²) < 4.78 is 43.6. The van der Waals surface area contributed by atoms with E-state index in [-0.39, 0.29) is 12.5 Å². The molecule has 0 aliphatic heterocycles. The van der Waals surface area contributed by atoms with Gasteiger partial charge in [-0.15, -0.1) is 5.10 Å². The molecule has 0 fully saturated rings. The van der Waals surface area contributed by atoms with Crippen molar-refractivity contribution in [3.05, 3.63) is 36.0 Å². The number of rotatable bonds is 5. The zero-order valence-corrected chi connectivity index (χ0v) is 14.1. The molecule has 0 aliphatic rings. The van der Waals surface area contributed by atoms with E-state index in [0.29, 0.717) is 23.8 Å². The Morgan fingerprint density at radius 2 is 2.00 bits per heavy atom. The normalized spacial score (nSPS) is 13.4. The summed E-state index contributed by atoms with van der Waals surface area (Å²) in [5.74, 6) is 0.567. The van der Waals surface area contributed by atoms with Crippen LogP contribution in [0.4, 0.5) is 13.2 Å². The van der Waals surface area contributed by atoms with Crippen LogP contribution >= 0.6 is 0 Å². The van der Waals surface area contributed by atoms with E-state index < -0.39 is 11.9 Å². The van der Waals surface area contributed by atoms with Crippen LogP contribution in [-0.4, -0.2) is 34.3 Å². The lowest BCUT2D eigenvalue weighted by Gasteiger charge is -2.15. The van der Waals surface area contributed by atoms with Crippen LogP contribution in [-0.2, 0) is 26.3 Å². The third-order valence-electron chi connectivity index (χ3n) is 3.76. The monoisotopic (exact) mass is 353 g/mol. The zero-order valence-electron chi connectivity index (χ0n) is 14.1. The number of aromatic nitrogens is 7. The highest BCUT2D eigenvalue weighted by Crippen LogP contribution is 2.30. The molecule has 0 aliphatic carbocycles. The Morgan fingerprint density at radius 3 is 2.64 bits per heavy atom. The van der Waals surface area contributed by atoms with Crippen LogP contribution in [0.15, 0.2) is 24.7 Å². The second-order valence-corrected chi connectivity index (χ2v) is 6.14. The van der Waals surface area contributed by atoms with E-state index in [4.69, 9.17) is 0 Å². The maximum atomic E-state index is 13.0. The number of hydrogen-bond acceptors (Lipinski definition) is 4. The van der Waals surface area contributed by atoms with Gasteiger partial charge in [0.05, 0.1) is 11.9 Å². The molecule has 134 valence electrons. The first-order valence-corrected chi connectivity index (χ1v) is 7.73. The van der Waals surface area contributed by atoms with Gasteiger partial charge >= 0.3 is 6.18 Å². The first-order chi connectivity index (χ1) is 11.7. The third kappa shape index (κ3) is 3.72. The predicted octanol–water partition coefficient (Wildman–Crippen LogP) is 2.54. The molecule has 3 aromatic rings. The van der Waals surface area contributed by atoms with Crippen LogP contribution in [0.1, 0.15) is 18.3 Å². The molecule has 0 spiro atoms. The largest absolute Gasteiger partial charge is 0.433 e.